The molecule has 0 heterocycles. The normalized spacial score (nSPS) is 15.3. The van der Waals surface area contributed by atoms with Gasteiger partial charge in [-0.1, -0.05) is 6.92 Å². The molecule has 0 aromatic carbocycles. The summed E-state index contributed by atoms with van der Waals surface area (Å²) in [5.74, 6) is 0. The smallest absolute Gasteiger partial charge is 0.281 e. The van der Waals surface area contributed by atoms with Gasteiger partial charge in [0.15, 0.2) is 0 Å². The minimum absolute atomic E-state index is 0.168. The van der Waals surface area contributed by atoms with Gasteiger partial charge in [-0.2, -0.15) is 17.0 Å². The molecule has 1 unspecified atom stereocenters. The third kappa shape index (κ3) is 2.91. The average Bonchev–Trinajstić information content (AvgIpc) is 2.13. The van der Waals surface area contributed by atoms with Crippen molar-refractivity contribution in [1.82, 2.24) is 8.61 Å². The fraction of sp³-hybridized carbons (Fsp3) is 1.00. The highest BCUT2D eigenvalue weighted by Gasteiger charge is 2.25. The van der Waals surface area contributed by atoms with Gasteiger partial charge < -0.3 is 5.73 Å². The molecule has 0 fully saturated rings. The van der Waals surface area contributed by atoms with Crippen molar-refractivity contribution < 1.29 is 8.42 Å². The van der Waals surface area contributed by atoms with Crippen molar-refractivity contribution >= 4 is 10.2 Å². The summed E-state index contributed by atoms with van der Waals surface area (Å²) in [5, 5.41) is 0. The summed E-state index contributed by atoms with van der Waals surface area (Å²) in [4.78, 5) is 0. The largest absolute Gasteiger partial charge is 0.329 e. The van der Waals surface area contributed by atoms with Gasteiger partial charge in [-0.05, 0) is 6.92 Å². The molecule has 0 saturated heterocycles. The Morgan fingerprint density at radius 2 is 1.85 bits per heavy atom. The van der Waals surface area contributed by atoms with Gasteiger partial charge >= 0.3 is 0 Å². The van der Waals surface area contributed by atoms with Crippen LogP contribution in [-0.2, 0) is 10.2 Å². The number of nitrogens with two attached hydrogens (primary N) is 1. The SMILES string of the molecule is CCN(C)S(=O)(=O)N(C)C(C)CN. The van der Waals surface area contributed by atoms with E-state index < -0.39 is 10.2 Å². The molecular weight excluding hydrogens is 190 g/mol. The summed E-state index contributed by atoms with van der Waals surface area (Å²) in [6, 6.07) is -0.168. The van der Waals surface area contributed by atoms with Gasteiger partial charge in [0.25, 0.3) is 10.2 Å². The highest BCUT2D eigenvalue weighted by Crippen LogP contribution is 2.06. The zero-order chi connectivity index (χ0) is 10.6. The third-order valence-corrected chi connectivity index (χ3v) is 4.30. The Morgan fingerprint density at radius 3 is 2.15 bits per heavy atom. The van der Waals surface area contributed by atoms with E-state index >= 15 is 0 Å². The first-order valence-electron chi connectivity index (χ1n) is 4.27. The van der Waals surface area contributed by atoms with E-state index in [1.54, 1.807) is 27.9 Å². The van der Waals surface area contributed by atoms with Crippen molar-refractivity contribution in [3.05, 3.63) is 0 Å². The van der Waals surface area contributed by atoms with Crippen LogP contribution in [-0.4, -0.2) is 50.3 Å². The first-order chi connectivity index (χ1) is 5.87. The molecule has 0 aromatic heterocycles. The molecule has 2 N–H and O–H groups in total. The zero-order valence-corrected chi connectivity index (χ0v) is 9.50. The molecule has 0 aliphatic carbocycles. The highest BCUT2D eigenvalue weighted by molar-refractivity contribution is 7.86. The third-order valence-electron chi connectivity index (χ3n) is 2.16. The highest BCUT2D eigenvalue weighted by atomic mass is 32.2. The van der Waals surface area contributed by atoms with Gasteiger partial charge in [0.1, 0.15) is 0 Å². The topological polar surface area (TPSA) is 66.6 Å². The molecule has 6 heteroatoms. The van der Waals surface area contributed by atoms with E-state index in [4.69, 9.17) is 5.73 Å². The quantitative estimate of drug-likeness (QED) is 0.661. The number of hydrogen-bond donors (Lipinski definition) is 1. The second-order valence-electron chi connectivity index (χ2n) is 3.02. The van der Waals surface area contributed by atoms with Crippen LogP contribution < -0.4 is 5.73 Å². The maximum absolute atomic E-state index is 11.7. The van der Waals surface area contributed by atoms with E-state index in [9.17, 15) is 8.42 Å². The lowest BCUT2D eigenvalue weighted by Gasteiger charge is -2.27. The summed E-state index contributed by atoms with van der Waals surface area (Å²) in [6.45, 7) is 4.36. The first kappa shape index (κ1) is 12.8. The molecule has 5 nitrogen and oxygen atoms in total. The molecule has 0 aromatic rings. The predicted octanol–water partition coefficient (Wildman–Crippen LogP) is -0.538. The van der Waals surface area contributed by atoms with Gasteiger partial charge in [0.2, 0.25) is 0 Å². The fourth-order valence-electron chi connectivity index (χ4n) is 0.759. The Balaban J connectivity index is 4.64. The van der Waals surface area contributed by atoms with Crippen molar-refractivity contribution in [3.8, 4) is 0 Å². The monoisotopic (exact) mass is 209 g/mol. The Bertz CT molecular complexity index is 240. The van der Waals surface area contributed by atoms with Gasteiger partial charge in [-0.3, -0.25) is 0 Å². The maximum Gasteiger partial charge on any atom is 0.281 e. The van der Waals surface area contributed by atoms with Crippen molar-refractivity contribution in [2.45, 2.75) is 19.9 Å². The van der Waals surface area contributed by atoms with Crippen LogP contribution in [0.5, 0.6) is 0 Å². The number of nitrogens with zero attached hydrogens (tertiary/aromatic N) is 2. The van der Waals surface area contributed by atoms with Crippen LogP contribution >= 0.6 is 0 Å². The van der Waals surface area contributed by atoms with Crippen LogP contribution in [0.25, 0.3) is 0 Å². The van der Waals surface area contributed by atoms with E-state index in [2.05, 4.69) is 0 Å². The van der Waals surface area contributed by atoms with Crippen molar-refractivity contribution in [2.24, 2.45) is 5.73 Å². The Hall–Kier alpha value is -0.170. The molecule has 0 rings (SSSR count). The minimum Gasteiger partial charge on any atom is -0.329 e. The molecule has 0 saturated carbocycles. The molecule has 0 radical (unpaired) electrons. The Labute approximate surface area is 80.7 Å². The second kappa shape index (κ2) is 4.90. The standard InChI is InChI=1S/C7H19N3O2S/c1-5-9(3)13(11,12)10(4)7(2)6-8/h7H,5-6,8H2,1-4H3. The lowest BCUT2D eigenvalue weighted by atomic mass is 10.4. The molecule has 0 aliphatic rings. The zero-order valence-electron chi connectivity index (χ0n) is 8.69. The second-order valence-corrected chi connectivity index (χ2v) is 5.12. The van der Waals surface area contributed by atoms with Gasteiger partial charge in [0, 0.05) is 33.2 Å². The van der Waals surface area contributed by atoms with Crippen LogP contribution in [0, 0.1) is 0 Å². The van der Waals surface area contributed by atoms with E-state index in [0.717, 1.165) is 0 Å². The van der Waals surface area contributed by atoms with Crippen LogP contribution in [0.3, 0.4) is 0 Å². The molecule has 0 spiro atoms. The number of hydrogen-bond acceptors (Lipinski definition) is 3. The summed E-state index contributed by atoms with van der Waals surface area (Å²) in [6.07, 6.45) is 0. The van der Waals surface area contributed by atoms with Gasteiger partial charge in [-0.15, -0.1) is 0 Å². The van der Waals surface area contributed by atoms with E-state index in [1.165, 1.54) is 8.61 Å². The van der Waals surface area contributed by atoms with E-state index in [-0.39, 0.29) is 6.04 Å². The predicted molar refractivity (Wildman–Crippen MR) is 53.5 cm³/mol. The van der Waals surface area contributed by atoms with Crippen molar-refractivity contribution in [2.75, 3.05) is 27.2 Å². The Morgan fingerprint density at radius 1 is 1.38 bits per heavy atom. The molecule has 1 atom stereocenters. The summed E-state index contributed by atoms with van der Waals surface area (Å²) in [7, 11) is -0.222. The lowest BCUT2D eigenvalue weighted by Crippen LogP contribution is -2.46. The van der Waals surface area contributed by atoms with Crippen LogP contribution in [0.4, 0.5) is 0 Å². The average molecular weight is 209 g/mol. The molecular formula is C7H19N3O2S. The number of likely N-dealkylation sites (N-methyl/N-ethyl adjacent to an activating group) is 1. The Kier molecular flexibility index (Phi) is 4.83. The molecule has 0 aliphatic heterocycles. The van der Waals surface area contributed by atoms with E-state index in [1.807, 2.05) is 0 Å². The molecule has 0 amide bonds. The fourth-order valence-corrected chi connectivity index (χ4v) is 2.07. The van der Waals surface area contributed by atoms with Crippen LogP contribution in [0.15, 0.2) is 0 Å². The molecule has 13 heavy (non-hydrogen) atoms. The summed E-state index contributed by atoms with van der Waals surface area (Å²) in [5.41, 5.74) is 5.39. The van der Waals surface area contributed by atoms with Crippen molar-refractivity contribution in [1.29, 1.82) is 0 Å². The van der Waals surface area contributed by atoms with Crippen LogP contribution in [0.1, 0.15) is 13.8 Å². The maximum atomic E-state index is 11.7. The van der Waals surface area contributed by atoms with Gasteiger partial charge in [0.05, 0.1) is 0 Å². The van der Waals surface area contributed by atoms with Crippen LogP contribution in [0.2, 0.25) is 0 Å². The first-order valence-corrected chi connectivity index (χ1v) is 5.67. The molecule has 0 bridgehead atoms. The number of rotatable bonds is 5. The summed E-state index contributed by atoms with van der Waals surface area (Å²) < 4.78 is 25.9. The van der Waals surface area contributed by atoms with E-state index in [0.29, 0.717) is 13.1 Å². The van der Waals surface area contributed by atoms with Crippen molar-refractivity contribution in [3.63, 3.8) is 0 Å². The lowest BCUT2D eigenvalue weighted by molar-refractivity contribution is 0.352. The van der Waals surface area contributed by atoms with Gasteiger partial charge in [-0.25, -0.2) is 0 Å². The summed E-state index contributed by atoms with van der Waals surface area (Å²) >= 11 is 0. The minimum atomic E-state index is -3.31. The molecule has 80 valence electrons.